The maximum absolute atomic E-state index is 13.6. The van der Waals surface area contributed by atoms with Gasteiger partial charge in [0.2, 0.25) is 10.0 Å². The van der Waals surface area contributed by atoms with Crippen molar-refractivity contribution in [2.45, 2.75) is 36.8 Å². The Morgan fingerprint density at radius 1 is 1.03 bits per heavy atom. The summed E-state index contributed by atoms with van der Waals surface area (Å²) in [6.07, 6.45) is -2.65. The second-order valence-corrected chi connectivity index (χ2v) is 10.1. The number of sulfonamides is 1. The minimum atomic E-state index is -4.62. The highest BCUT2D eigenvalue weighted by atomic mass is 32.2. The zero-order valence-electron chi connectivity index (χ0n) is 18.3. The van der Waals surface area contributed by atoms with Crippen LogP contribution >= 0.6 is 0 Å². The normalized spacial score (nSPS) is 16.3. The highest BCUT2D eigenvalue weighted by Crippen LogP contribution is 2.37. The van der Waals surface area contributed by atoms with Crippen LogP contribution in [0.5, 0.6) is 0 Å². The summed E-state index contributed by atoms with van der Waals surface area (Å²) in [6, 6.07) is 12.3. The van der Waals surface area contributed by atoms with E-state index in [0.29, 0.717) is 17.2 Å². The van der Waals surface area contributed by atoms with Gasteiger partial charge in [0.15, 0.2) is 5.69 Å². The molecule has 0 amide bonds. The molecular weight excluding hydrogens is 453 g/mol. The standard InChI is InChI=1S/C23H25F3N4O2S/c1-15-3-4-17(16-9-11-29(2)12-10-16)13-20(15)21-14-22(23(24,25)26)28-30(21)18-5-7-19(8-6-18)33(27,31)32/h3-8,13-14,16H,9-12H2,1-2H3,(H2,27,31,32). The van der Waals surface area contributed by atoms with E-state index in [4.69, 9.17) is 5.14 Å². The number of alkyl halides is 3. The summed E-state index contributed by atoms with van der Waals surface area (Å²) >= 11 is 0. The average Bonchev–Trinajstić information content (AvgIpc) is 3.20. The molecule has 1 fully saturated rings. The molecule has 2 aromatic carbocycles. The minimum Gasteiger partial charge on any atom is -0.306 e. The molecule has 6 nitrogen and oxygen atoms in total. The number of nitrogens with two attached hydrogens (primary N) is 1. The smallest absolute Gasteiger partial charge is 0.306 e. The first-order valence-electron chi connectivity index (χ1n) is 10.5. The maximum Gasteiger partial charge on any atom is 0.435 e. The van der Waals surface area contributed by atoms with Gasteiger partial charge in [-0.05, 0) is 93.3 Å². The number of hydrogen-bond acceptors (Lipinski definition) is 4. The Morgan fingerprint density at radius 3 is 2.24 bits per heavy atom. The van der Waals surface area contributed by atoms with E-state index in [1.54, 1.807) is 0 Å². The van der Waals surface area contributed by atoms with Gasteiger partial charge >= 0.3 is 6.18 Å². The van der Waals surface area contributed by atoms with Crippen molar-refractivity contribution in [2.24, 2.45) is 5.14 Å². The van der Waals surface area contributed by atoms with Gasteiger partial charge in [-0.1, -0.05) is 12.1 Å². The van der Waals surface area contributed by atoms with Gasteiger partial charge in [-0.3, -0.25) is 0 Å². The third kappa shape index (κ3) is 4.97. The Balaban J connectivity index is 1.82. The summed E-state index contributed by atoms with van der Waals surface area (Å²) in [4.78, 5) is 2.14. The largest absolute Gasteiger partial charge is 0.435 e. The fourth-order valence-corrected chi connectivity index (χ4v) is 4.71. The zero-order chi connectivity index (χ0) is 24.0. The van der Waals surface area contributed by atoms with Gasteiger partial charge in [0.25, 0.3) is 0 Å². The molecule has 1 aromatic heterocycles. The molecule has 0 radical (unpaired) electrons. The Kier molecular flexibility index (Phi) is 6.10. The molecule has 1 aliphatic heterocycles. The number of nitrogens with zero attached hydrogens (tertiary/aromatic N) is 3. The van der Waals surface area contributed by atoms with Crippen LogP contribution in [0.2, 0.25) is 0 Å². The van der Waals surface area contributed by atoms with Gasteiger partial charge < -0.3 is 4.90 Å². The van der Waals surface area contributed by atoms with Crippen molar-refractivity contribution in [3.05, 3.63) is 65.4 Å². The Bertz CT molecular complexity index is 1260. The first-order valence-corrected chi connectivity index (χ1v) is 12.1. The first-order chi connectivity index (χ1) is 15.4. The quantitative estimate of drug-likeness (QED) is 0.606. The molecule has 2 heterocycles. The van der Waals surface area contributed by atoms with E-state index in [2.05, 4.69) is 17.0 Å². The molecule has 33 heavy (non-hydrogen) atoms. The molecule has 10 heteroatoms. The highest BCUT2D eigenvalue weighted by Gasteiger charge is 2.35. The second kappa shape index (κ2) is 8.58. The van der Waals surface area contributed by atoms with Crippen molar-refractivity contribution in [1.29, 1.82) is 0 Å². The monoisotopic (exact) mass is 478 g/mol. The van der Waals surface area contributed by atoms with Gasteiger partial charge in [0.1, 0.15) is 0 Å². The van der Waals surface area contributed by atoms with E-state index in [-0.39, 0.29) is 10.6 Å². The summed E-state index contributed by atoms with van der Waals surface area (Å²) in [5.41, 5.74) is 2.15. The Labute approximate surface area is 190 Å². The van der Waals surface area contributed by atoms with Gasteiger partial charge in [-0.15, -0.1) is 0 Å². The van der Waals surface area contributed by atoms with Crippen LogP contribution in [-0.2, 0) is 16.2 Å². The summed E-state index contributed by atoms with van der Waals surface area (Å²) in [7, 11) is -1.85. The van der Waals surface area contributed by atoms with E-state index >= 15 is 0 Å². The number of primary sulfonamides is 1. The number of aryl methyl sites for hydroxylation is 1. The van der Waals surface area contributed by atoms with Crippen LogP contribution in [0.3, 0.4) is 0 Å². The Hall–Kier alpha value is -2.69. The second-order valence-electron chi connectivity index (χ2n) is 8.52. The lowest BCUT2D eigenvalue weighted by molar-refractivity contribution is -0.141. The lowest BCUT2D eigenvalue weighted by Crippen LogP contribution is -2.29. The first kappa shape index (κ1) is 23.5. The number of halogens is 3. The molecule has 4 rings (SSSR count). The molecule has 3 aromatic rings. The molecule has 0 bridgehead atoms. The van der Waals surface area contributed by atoms with Crippen molar-refractivity contribution in [2.75, 3.05) is 20.1 Å². The molecule has 0 spiro atoms. The number of benzene rings is 2. The van der Waals surface area contributed by atoms with Crippen molar-refractivity contribution < 1.29 is 21.6 Å². The summed E-state index contributed by atoms with van der Waals surface area (Å²) in [5, 5.41) is 8.96. The fourth-order valence-electron chi connectivity index (χ4n) is 4.20. The number of rotatable bonds is 4. The minimum absolute atomic E-state index is 0.128. The van der Waals surface area contributed by atoms with Crippen molar-refractivity contribution in [3.8, 4) is 16.9 Å². The van der Waals surface area contributed by atoms with Crippen LogP contribution in [0.25, 0.3) is 16.9 Å². The Morgan fingerprint density at radius 2 is 1.67 bits per heavy atom. The number of piperidine rings is 1. The van der Waals surface area contributed by atoms with Crippen LogP contribution < -0.4 is 5.14 Å². The lowest BCUT2D eigenvalue weighted by Gasteiger charge is -2.29. The van der Waals surface area contributed by atoms with E-state index in [1.165, 1.54) is 28.9 Å². The lowest BCUT2D eigenvalue weighted by atomic mass is 9.87. The third-order valence-electron chi connectivity index (χ3n) is 6.14. The molecule has 0 unspecified atom stereocenters. The van der Waals surface area contributed by atoms with Crippen LogP contribution in [0.15, 0.2) is 53.4 Å². The zero-order valence-corrected chi connectivity index (χ0v) is 19.1. The number of likely N-dealkylation sites (tertiary alicyclic amines) is 1. The highest BCUT2D eigenvalue weighted by molar-refractivity contribution is 7.89. The number of hydrogen-bond donors (Lipinski definition) is 1. The van der Waals surface area contributed by atoms with Crippen molar-refractivity contribution in [3.63, 3.8) is 0 Å². The summed E-state index contributed by atoms with van der Waals surface area (Å²) < 4.78 is 65.0. The van der Waals surface area contributed by atoms with Gasteiger partial charge in [-0.2, -0.15) is 18.3 Å². The predicted octanol–water partition coefficient (Wildman–Crippen LogP) is 4.32. The van der Waals surface area contributed by atoms with Gasteiger partial charge in [0.05, 0.1) is 16.3 Å². The predicted molar refractivity (Wildman–Crippen MR) is 120 cm³/mol. The maximum atomic E-state index is 13.6. The van der Waals surface area contributed by atoms with Gasteiger partial charge in [-0.25, -0.2) is 18.2 Å². The van der Waals surface area contributed by atoms with E-state index < -0.39 is 21.9 Å². The average molecular weight is 479 g/mol. The molecule has 0 saturated carbocycles. The van der Waals surface area contributed by atoms with Crippen molar-refractivity contribution >= 4 is 10.0 Å². The SMILES string of the molecule is Cc1ccc(C2CCN(C)CC2)cc1-c1cc(C(F)(F)F)nn1-c1ccc(S(N)(=O)=O)cc1. The van der Waals surface area contributed by atoms with E-state index in [1.807, 2.05) is 25.1 Å². The van der Waals surface area contributed by atoms with Crippen LogP contribution in [0.4, 0.5) is 13.2 Å². The van der Waals surface area contributed by atoms with E-state index in [0.717, 1.165) is 43.1 Å². The molecule has 0 aliphatic carbocycles. The van der Waals surface area contributed by atoms with Crippen LogP contribution in [0, 0.1) is 6.92 Å². The molecule has 0 atom stereocenters. The van der Waals surface area contributed by atoms with Crippen LogP contribution in [-0.4, -0.2) is 43.2 Å². The van der Waals surface area contributed by atoms with Gasteiger partial charge in [0, 0.05) is 5.56 Å². The van der Waals surface area contributed by atoms with Crippen LogP contribution in [0.1, 0.15) is 35.6 Å². The fraction of sp³-hybridized carbons (Fsp3) is 0.348. The van der Waals surface area contributed by atoms with Crippen molar-refractivity contribution in [1.82, 2.24) is 14.7 Å². The van der Waals surface area contributed by atoms with E-state index in [9.17, 15) is 21.6 Å². The molecule has 1 aliphatic rings. The topological polar surface area (TPSA) is 81.2 Å². The summed E-state index contributed by atoms with van der Waals surface area (Å²) in [6.45, 7) is 3.79. The number of aromatic nitrogens is 2. The summed E-state index contributed by atoms with van der Waals surface area (Å²) in [5.74, 6) is 0.341. The molecular formula is C23H25F3N4O2S. The third-order valence-corrected chi connectivity index (χ3v) is 7.07. The molecule has 176 valence electrons. The molecule has 1 saturated heterocycles. The molecule has 2 N–H and O–H groups in total.